The van der Waals surface area contributed by atoms with E-state index in [-0.39, 0.29) is 0 Å². The smallest absolute Gasteiger partial charge is 0.0606 e. The molecule has 1 aromatic rings. The highest BCUT2D eigenvalue weighted by Gasteiger charge is 2.40. The van der Waals surface area contributed by atoms with E-state index in [2.05, 4.69) is 30.1 Å². The van der Waals surface area contributed by atoms with E-state index >= 15 is 0 Å². The summed E-state index contributed by atoms with van der Waals surface area (Å²) in [6, 6.07) is 6.78. The highest BCUT2D eigenvalue weighted by Crippen LogP contribution is 2.43. The molecule has 0 radical (unpaired) electrons. The summed E-state index contributed by atoms with van der Waals surface area (Å²) in [7, 11) is 0. The molecule has 2 nitrogen and oxygen atoms in total. The van der Waals surface area contributed by atoms with Gasteiger partial charge in [-0.05, 0) is 36.5 Å². The summed E-state index contributed by atoms with van der Waals surface area (Å²) in [5.74, 6) is 0. The lowest BCUT2D eigenvalue weighted by atomic mass is 9.75. The van der Waals surface area contributed by atoms with Crippen molar-refractivity contribution in [2.45, 2.75) is 32.7 Å². The zero-order valence-corrected chi connectivity index (χ0v) is 11.2. The lowest BCUT2D eigenvalue weighted by Crippen LogP contribution is -2.55. The maximum absolute atomic E-state index is 6.05. The van der Waals surface area contributed by atoms with E-state index in [9.17, 15) is 0 Å². The van der Waals surface area contributed by atoms with Crippen molar-refractivity contribution >= 4 is 23.0 Å². The van der Waals surface area contributed by atoms with Crippen LogP contribution in [0.4, 0.5) is 11.4 Å². The maximum Gasteiger partial charge on any atom is 0.0606 e. The molecule has 0 spiro atoms. The number of halogens is 1. The third kappa shape index (κ3) is 1.79. The molecule has 1 atom stereocenters. The predicted octanol–water partition coefficient (Wildman–Crippen LogP) is 3.76. The van der Waals surface area contributed by atoms with Crippen LogP contribution in [0.1, 0.15) is 26.7 Å². The molecule has 17 heavy (non-hydrogen) atoms. The molecule has 3 heteroatoms. The minimum absolute atomic E-state index is 0.391. The average Bonchev–Trinajstić information content (AvgIpc) is 2.27. The van der Waals surface area contributed by atoms with Gasteiger partial charge in [0.15, 0.2) is 0 Å². The molecule has 2 aliphatic rings. The zero-order valence-electron chi connectivity index (χ0n) is 10.5. The SMILES string of the molecule is CC1(C)CCCN2c3ccc(Cl)cc3NCC21. The topological polar surface area (TPSA) is 15.3 Å². The molecule has 0 saturated carbocycles. The molecule has 2 heterocycles. The van der Waals surface area contributed by atoms with Gasteiger partial charge in [0, 0.05) is 18.1 Å². The fraction of sp³-hybridized carbons (Fsp3) is 0.571. The fourth-order valence-electron chi connectivity index (χ4n) is 3.23. The first-order chi connectivity index (χ1) is 8.08. The summed E-state index contributed by atoms with van der Waals surface area (Å²) in [5.41, 5.74) is 2.90. The second-order valence-electron chi connectivity index (χ2n) is 5.84. The minimum atomic E-state index is 0.391. The zero-order chi connectivity index (χ0) is 12.0. The van der Waals surface area contributed by atoms with E-state index < -0.39 is 0 Å². The molecule has 3 rings (SSSR count). The second-order valence-corrected chi connectivity index (χ2v) is 6.28. The van der Waals surface area contributed by atoms with Crippen molar-refractivity contribution < 1.29 is 0 Å². The van der Waals surface area contributed by atoms with Gasteiger partial charge in [0.1, 0.15) is 0 Å². The number of benzene rings is 1. The first-order valence-corrected chi connectivity index (χ1v) is 6.76. The molecule has 2 aliphatic heterocycles. The highest BCUT2D eigenvalue weighted by molar-refractivity contribution is 6.31. The number of anilines is 2. The van der Waals surface area contributed by atoms with Crippen LogP contribution < -0.4 is 10.2 Å². The first-order valence-electron chi connectivity index (χ1n) is 6.38. The fourth-order valence-corrected chi connectivity index (χ4v) is 3.40. The monoisotopic (exact) mass is 250 g/mol. The van der Waals surface area contributed by atoms with E-state index in [1.165, 1.54) is 30.8 Å². The van der Waals surface area contributed by atoms with Crippen molar-refractivity contribution in [2.24, 2.45) is 5.41 Å². The number of hydrogen-bond acceptors (Lipinski definition) is 2. The summed E-state index contributed by atoms with van der Waals surface area (Å²) in [6.45, 7) is 6.96. The normalized spacial score (nSPS) is 25.8. The van der Waals surface area contributed by atoms with Gasteiger partial charge in [-0.25, -0.2) is 0 Å². The number of piperidine rings is 1. The number of fused-ring (bicyclic) bond motifs is 3. The molecule has 1 aromatic carbocycles. The van der Waals surface area contributed by atoms with Crippen molar-refractivity contribution in [3.05, 3.63) is 23.2 Å². The Labute approximate surface area is 108 Å². The van der Waals surface area contributed by atoms with Crippen LogP contribution in [0, 0.1) is 5.41 Å². The van der Waals surface area contributed by atoms with Crippen LogP contribution in [0.25, 0.3) is 0 Å². The summed E-state index contributed by atoms with van der Waals surface area (Å²) in [6.07, 6.45) is 2.60. The molecule has 1 N–H and O–H groups in total. The van der Waals surface area contributed by atoms with Crippen LogP contribution in [0.15, 0.2) is 18.2 Å². The lowest BCUT2D eigenvalue weighted by molar-refractivity contribution is 0.217. The molecule has 0 bridgehead atoms. The Hall–Kier alpha value is -0.890. The molecule has 0 aromatic heterocycles. The second kappa shape index (κ2) is 3.81. The number of nitrogens with zero attached hydrogens (tertiary/aromatic N) is 1. The van der Waals surface area contributed by atoms with Gasteiger partial charge < -0.3 is 10.2 Å². The van der Waals surface area contributed by atoms with Crippen LogP contribution in [0.5, 0.6) is 0 Å². The number of rotatable bonds is 0. The summed E-state index contributed by atoms with van der Waals surface area (Å²) in [4.78, 5) is 2.56. The van der Waals surface area contributed by atoms with Gasteiger partial charge in [0.25, 0.3) is 0 Å². The molecule has 1 unspecified atom stereocenters. The Bertz CT molecular complexity index is 442. The predicted molar refractivity (Wildman–Crippen MR) is 74.1 cm³/mol. The Morgan fingerprint density at radius 3 is 3.06 bits per heavy atom. The van der Waals surface area contributed by atoms with E-state index in [0.29, 0.717) is 11.5 Å². The van der Waals surface area contributed by atoms with Crippen LogP contribution >= 0.6 is 11.6 Å². The van der Waals surface area contributed by atoms with Crippen molar-refractivity contribution in [1.82, 2.24) is 0 Å². The van der Waals surface area contributed by atoms with Crippen molar-refractivity contribution in [2.75, 3.05) is 23.3 Å². The maximum atomic E-state index is 6.05. The van der Waals surface area contributed by atoms with Gasteiger partial charge in [-0.1, -0.05) is 25.4 Å². The standard InChI is InChI=1S/C14H19ClN2/c1-14(2)6-3-7-17-12-5-4-10(15)8-11(12)16-9-13(14)17/h4-5,8,13,16H,3,6-7,9H2,1-2H3. The van der Waals surface area contributed by atoms with Crippen LogP contribution in [-0.2, 0) is 0 Å². The van der Waals surface area contributed by atoms with E-state index in [1.54, 1.807) is 0 Å². The van der Waals surface area contributed by atoms with Gasteiger partial charge in [0.2, 0.25) is 0 Å². The quantitative estimate of drug-likeness (QED) is 0.754. The Morgan fingerprint density at radius 1 is 1.41 bits per heavy atom. The van der Waals surface area contributed by atoms with Gasteiger partial charge in [0.05, 0.1) is 17.4 Å². The van der Waals surface area contributed by atoms with Crippen molar-refractivity contribution in [3.8, 4) is 0 Å². The molecule has 92 valence electrons. The van der Waals surface area contributed by atoms with E-state index in [1.807, 2.05) is 12.1 Å². The third-order valence-corrected chi connectivity index (χ3v) is 4.49. The summed E-state index contributed by atoms with van der Waals surface area (Å²) in [5, 5.41) is 4.34. The highest BCUT2D eigenvalue weighted by atomic mass is 35.5. The Balaban J connectivity index is 2.01. The number of hydrogen-bond donors (Lipinski definition) is 1. The molecule has 1 fully saturated rings. The first kappa shape index (κ1) is 11.2. The molecule has 0 amide bonds. The van der Waals surface area contributed by atoms with Gasteiger partial charge >= 0.3 is 0 Å². The minimum Gasteiger partial charge on any atom is -0.381 e. The average molecular weight is 251 g/mol. The Kier molecular flexibility index (Phi) is 2.51. The van der Waals surface area contributed by atoms with Gasteiger partial charge in [-0.15, -0.1) is 0 Å². The summed E-state index contributed by atoms with van der Waals surface area (Å²) < 4.78 is 0. The largest absolute Gasteiger partial charge is 0.381 e. The molecular formula is C14H19ClN2. The third-order valence-electron chi connectivity index (χ3n) is 4.25. The van der Waals surface area contributed by atoms with Crippen molar-refractivity contribution in [1.29, 1.82) is 0 Å². The van der Waals surface area contributed by atoms with E-state index in [4.69, 9.17) is 11.6 Å². The Morgan fingerprint density at radius 2 is 2.24 bits per heavy atom. The lowest BCUT2D eigenvalue weighted by Gasteiger charge is -2.51. The molecular weight excluding hydrogens is 232 g/mol. The van der Waals surface area contributed by atoms with Crippen LogP contribution in [-0.4, -0.2) is 19.1 Å². The molecule has 1 saturated heterocycles. The summed E-state index contributed by atoms with van der Waals surface area (Å²) >= 11 is 6.05. The van der Waals surface area contributed by atoms with E-state index in [0.717, 1.165) is 11.6 Å². The van der Waals surface area contributed by atoms with Crippen LogP contribution in [0.3, 0.4) is 0 Å². The van der Waals surface area contributed by atoms with Gasteiger partial charge in [-0.2, -0.15) is 0 Å². The molecule has 0 aliphatic carbocycles. The van der Waals surface area contributed by atoms with Crippen molar-refractivity contribution in [3.63, 3.8) is 0 Å². The van der Waals surface area contributed by atoms with Crippen LogP contribution in [0.2, 0.25) is 5.02 Å². The van der Waals surface area contributed by atoms with Gasteiger partial charge in [-0.3, -0.25) is 0 Å². The number of nitrogens with one attached hydrogen (secondary N) is 1.